The van der Waals surface area contributed by atoms with Crippen LogP contribution in [0.15, 0.2) is 35.4 Å². The highest BCUT2D eigenvalue weighted by atomic mass is 35.5. The molecule has 2 rings (SSSR count). The van der Waals surface area contributed by atoms with Crippen molar-refractivity contribution in [1.29, 1.82) is 0 Å². The van der Waals surface area contributed by atoms with Crippen LogP contribution in [-0.4, -0.2) is 13.0 Å². The summed E-state index contributed by atoms with van der Waals surface area (Å²) in [5.74, 6) is 5.31. The lowest BCUT2D eigenvalue weighted by Crippen LogP contribution is -2.44. The van der Waals surface area contributed by atoms with Gasteiger partial charge in [0.1, 0.15) is 10.1 Å². The highest BCUT2D eigenvalue weighted by Gasteiger charge is 2.09. The molecule has 0 aliphatic carbocycles. The molecule has 1 aromatic carbocycles. The number of rotatable bonds is 1. The number of halogens is 2. The Labute approximate surface area is 140 Å². The molecular weight excluding hydrogens is 347 g/mol. The second kappa shape index (κ2) is 7.28. The number of benzene rings is 1. The van der Waals surface area contributed by atoms with E-state index < -0.39 is 10.1 Å². The number of hydrogen-bond donors (Lipinski definition) is 1. The molecule has 120 valence electrons. The first-order valence-corrected chi connectivity index (χ1v) is 8.34. The Morgan fingerprint density at radius 3 is 1.95 bits per heavy atom. The van der Waals surface area contributed by atoms with E-state index in [9.17, 15) is 13.0 Å². The quantitative estimate of drug-likeness (QED) is 0.365. The number of hydrogen-bond acceptors (Lipinski definition) is 4. The van der Waals surface area contributed by atoms with Gasteiger partial charge in [0.2, 0.25) is 6.20 Å². The molecule has 0 radical (unpaired) electrons. The molecule has 0 atom stereocenters. The van der Waals surface area contributed by atoms with Crippen molar-refractivity contribution in [2.24, 2.45) is 0 Å². The monoisotopic (exact) mass is 362 g/mol. The lowest BCUT2D eigenvalue weighted by Gasteiger charge is -2.14. The summed E-state index contributed by atoms with van der Waals surface area (Å²) in [7, 11) is -4.33. The van der Waals surface area contributed by atoms with Crippen LogP contribution in [0.2, 0.25) is 10.2 Å². The highest BCUT2D eigenvalue weighted by Crippen LogP contribution is 2.20. The Bertz CT molecular complexity index is 770. The van der Waals surface area contributed by atoms with Gasteiger partial charge in [-0.2, -0.15) is 0 Å². The van der Waals surface area contributed by atoms with Crippen molar-refractivity contribution >= 4 is 33.3 Å². The highest BCUT2D eigenvalue weighted by molar-refractivity contribution is 7.85. The fourth-order valence-corrected chi connectivity index (χ4v) is 3.32. The topological polar surface area (TPSA) is 87.1 Å². The fourth-order valence-electron chi connectivity index (χ4n) is 2.02. The van der Waals surface area contributed by atoms with E-state index in [0.29, 0.717) is 21.3 Å². The number of nitrogens with two attached hydrogens (primary N) is 1. The van der Waals surface area contributed by atoms with Crippen molar-refractivity contribution in [1.82, 2.24) is 0 Å². The first kappa shape index (κ1) is 18.7. The molecule has 0 aliphatic heterocycles. The smallest absolute Gasteiger partial charge is 0.304 e. The van der Waals surface area contributed by atoms with Crippen LogP contribution in [0.5, 0.6) is 0 Å². The van der Waals surface area contributed by atoms with Crippen LogP contribution >= 0.6 is 23.2 Å². The van der Waals surface area contributed by atoms with Crippen molar-refractivity contribution in [2.75, 3.05) is 5.84 Å². The van der Waals surface area contributed by atoms with Gasteiger partial charge >= 0.3 is 5.15 Å². The van der Waals surface area contributed by atoms with Crippen molar-refractivity contribution in [3.8, 4) is 0 Å². The largest absolute Gasteiger partial charge is 0.744 e. The lowest BCUT2D eigenvalue weighted by molar-refractivity contribution is -0.636. The molecule has 0 unspecified atom stereocenters. The third kappa shape index (κ3) is 5.14. The fraction of sp³-hybridized carbons (Fsp3) is 0.214. The normalized spacial score (nSPS) is 10.8. The van der Waals surface area contributed by atoms with Gasteiger partial charge in [-0.05, 0) is 43.5 Å². The number of nitrogens with zero attached hydrogens (tertiary/aromatic N) is 1. The molecule has 0 amide bonds. The van der Waals surface area contributed by atoms with E-state index in [-0.39, 0.29) is 4.90 Å². The zero-order chi connectivity index (χ0) is 17.1. The van der Waals surface area contributed by atoms with E-state index >= 15 is 0 Å². The van der Waals surface area contributed by atoms with Gasteiger partial charge in [0.25, 0.3) is 0 Å². The summed E-state index contributed by atoms with van der Waals surface area (Å²) in [6, 6.07) is 6.62. The van der Waals surface area contributed by atoms with Crippen molar-refractivity contribution in [3.63, 3.8) is 0 Å². The Hall–Kier alpha value is -1.34. The van der Waals surface area contributed by atoms with Crippen LogP contribution in [0, 0.1) is 20.8 Å². The van der Waals surface area contributed by atoms with E-state index in [1.165, 1.54) is 4.68 Å². The molecular formula is C14H16Cl2N2O3S. The predicted octanol–water partition coefficient (Wildman–Crippen LogP) is 2.51. The standard InChI is InChI=1S/C9H12O3S.C5H5Cl2N2/c1-6-4-7(2)9(8(3)5-6)13(10,11)12;6-4-1-2-9(8)5(7)3-4/h4-5H,1-3H3,(H,10,11,12);1-3H,8H2/q;+1/p-1. The second-order valence-electron chi connectivity index (χ2n) is 4.76. The summed E-state index contributed by atoms with van der Waals surface area (Å²) in [6.07, 6.45) is 1.59. The van der Waals surface area contributed by atoms with Gasteiger partial charge in [-0.3, -0.25) is 0 Å². The van der Waals surface area contributed by atoms with Crippen molar-refractivity contribution < 1.29 is 17.6 Å². The molecule has 2 aromatic rings. The zero-order valence-electron chi connectivity index (χ0n) is 12.3. The van der Waals surface area contributed by atoms with Gasteiger partial charge in [-0.25, -0.2) is 14.3 Å². The summed E-state index contributed by atoms with van der Waals surface area (Å²) >= 11 is 11.1. The van der Waals surface area contributed by atoms with E-state index in [4.69, 9.17) is 29.0 Å². The summed E-state index contributed by atoms with van der Waals surface area (Å²) in [6.45, 7) is 5.12. The summed E-state index contributed by atoms with van der Waals surface area (Å²) in [5.41, 5.74) is 2.00. The van der Waals surface area contributed by atoms with Crippen LogP contribution in [0.3, 0.4) is 0 Å². The van der Waals surface area contributed by atoms with E-state index in [0.717, 1.165) is 5.56 Å². The van der Waals surface area contributed by atoms with Crippen LogP contribution in [0.1, 0.15) is 16.7 Å². The molecule has 0 fully saturated rings. The first-order chi connectivity index (χ1) is 10.0. The molecule has 2 N–H and O–H groups in total. The maximum absolute atomic E-state index is 10.8. The molecule has 1 heterocycles. The van der Waals surface area contributed by atoms with Crippen LogP contribution < -0.4 is 10.5 Å². The Morgan fingerprint density at radius 1 is 1.09 bits per heavy atom. The molecule has 8 heteroatoms. The summed E-state index contributed by atoms with van der Waals surface area (Å²) in [4.78, 5) is -0.0851. The van der Waals surface area contributed by atoms with Gasteiger partial charge < -0.3 is 4.55 Å². The molecule has 0 saturated carbocycles. The molecule has 22 heavy (non-hydrogen) atoms. The van der Waals surface area contributed by atoms with Gasteiger partial charge in [0, 0.05) is 12.1 Å². The lowest BCUT2D eigenvalue weighted by atomic mass is 10.1. The summed E-state index contributed by atoms with van der Waals surface area (Å²) < 4.78 is 33.8. The molecule has 5 nitrogen and oxygen atoms in total. The second-order valence-corrected chi connectivity index (χ2v) is 6.90. The minimum atomic E-state index is -4.33. The van der Waals surface area contributed by atoms with E-state index in [2.05, 4.69) is 0 Å². The predicted molar refractivity (Wildman–Crippen MR) is 85.4 cm³/mol. The SMILES string of the molecule is Cc1cc(C)c(S(=O)(=O)[O-])c(C)c1.N[n+]1ccc(Cl)cc1Cl. The Morgan fingerprint density at radius 2 is 1.59 bits per heavy atom. The zero-order valence-corrected chi connectivity index (χ0v) is 14.6. The van der Waals surface area contributed by atoms with E-state index in [1.807, 2.05) is 6.92 Å². The third-order valence-corrected chi connectivity index (χ3v) is 4.44. The van der Waals surface area contributed by atoms with Gasteiger partial charge in [0.05, 0.1) is 9.92 Å². The van der Waals surface area contributed by atoms with Gasteiger partial charge in [-0.15, -0.1) is 0 Å². The van der Waals surface area contributed by atoms with E-state index in [1.54, 1.807) is 44.3 Å². The maximum atomic E-state index is 10.8. The summed E-state index contributed by atoms with van der Waals surface area (Å²) in [5, 5.41) is 1.00. The first-order valence-electron chi connectivity index (χ1n) is 6.18. The Balaban J connectivity index is 0.000000235. The van der Waals surface area contributed by atoms with Crippen LogP contribution in [0.25, 0.3) is 0 Å². The van der Waals surface area contributed by atoms with Crippen LogP contribution in [0.4, 0.5) is 0 Å². The number of aromatic nitrogens is 1. The van der Waals surface area contributed by atoms with Crippen molar-refractivity contribution in [2.45, 2.75) is 25.7 Å². The van der Waals surface area contributed by atoms with Crippen molar-refractivity contribution in [3.05, 3.63) is 57.3 Å². The molecule has 0 bridgehead atoms. The maximum Gasteiger partial charge on any atom is 0.304 e. The van der Waals surface area contributed by atoms with Gasteiger partial charge in [0.15, 0.2) is 0 Å². The van der Waals surface area contributed by atoms with Crippen LogP contribution in [-0.2, 0) is 10.1 Å². The number of aryl methyl sites for hydroxylation is 3. The minimum absolute atomic E-state index is 0.0851. The average molecular weight is 363 g/mol. The molecule has 0 spiro atoms. The van der Waals surface area contributed by atoms with Gasteiger partial charge in [-0.1, -0.05) is 34.0 Å². The third-order valence-electron chi connectivity index (χ3n) is 2.75. The average Bonchev–Trinajstić information content (AvgIpc) is 2.31. The molecule has 0 aliphatic rings. The Kier molecular flexibility index (Phi) is 6.19. The number of nitrogen functional groups attached to an aromatic ring is 1. The molecule has 1 aromatic heterocycles. The number of pyridine rings is 1. The minimum Gasteiger partial charge on any atom is -0.744 e. The molecule has 0 saturated heterocycles.